The minimum atomic E-state index is -0.848. The minimum absolute atomic E-state index is 0.174. The molecule has 0 saturated heterocycles. The van der Waals surface area contributed by atoms with Crippen molar-refractivity contribution in [2.75, 3.05) is 13.6 Å². The van der Waals surface area contributed by atoms with E-state index in [4.69, 9.17) is 0 Å². The lowest BCUT2D eigenvalue weighted by Crippen LogP contribution is -2.48. The number of carbonyl (C=O) groups is 2. The second-order valence-corrected chi connectivity index (χ2v) is 5.64. The van der Waals surface area contributed by atoms with Gasteiger partial charge in [0.15, 0.2) is 0 Å². The van der Waals surface area contributed by atoms with E-state index in [1.54, 1.807) is 11.9 Å². The zero-order chi connectivity index (χ0) is 14.6. The van der Waals surface area contributed by atoms with Gasteiger partial charge in [0.05, 0.1) is 5.41 Å². The van der Waals surface area contributed by atoms with E-state index in [1.165, 1.54) is 12.8 Å². The number of urea groups is 1. The predicted octanol–water partition coefficient (Wildman–Crippen LogP) is 2.32. The van der Waals surface area contributed by atoms with Crippen molar-refractivity contribution in [1.29, 1.82) is 0 Å². The number of aliphatic carboxylic acids is 1. The Morgan fingerprint density at radius 2 is 1.89 bits per heavy atom. The lowest BCUT2D eigenvalue weighted by molar-refractivity contribution is -0.149. The molecule has 1 aliphatic carbocycles. The molecule has 2 N–H and O–H groups in total. The zero-order valence-corrected chi connectivity index (χ0v) is 12.4. The summed E-state index contributed by atoms with van der Waals surface area (Å²) in [6, 6.07) is 0.0504. The molecule has 1 unspecified atom stereocenters. The first-order valence-electron chi connectivity index (χ1n) is 7.12. The van der Waals surface area contributed by atoms with E-state index in [9.17, 15) is 14.7 Å². The number of hydrogen-bond acceptors (Lipinski definition) is 2. The van der Waals surface area contributed by atoms with Gasteiger partial charge in [0.25, 0.3) is 0 Å². The Bertz CT molecular complexity index is 336. The van der Waals surface area contributed by atoms with Crippen LogP contribution >= 0.6 is 0 Å². The third-order valence-corrected chi connectivity index (χ3v) is 4.62. The first-order chi connectivity index (χ1) is 8.88. The Labute approximate surface area is 115 Å². The van der Waals surface area contributed by atoms with E-state index < -0.39 is 11.4 Å². The average Bonchev–Trinajstić information content (AvgIpc) is 3.22. The van der Waals surface area contributed by atoms with Gasteiger partial charge in [-0.3, -0.25) is 4.79 Å². The highest BCUT2D eigenvalue weighted by atomic mass is 16.4. The van der Waals surface area contributed by atoms with E-state index in [-0.39, 0.29) is 18.6 Å². The van der Waals surface area contributed by atoms with E-state index in [1.807, 2.05) is 20.8 Å². The molecule has 5 heteroatoms. The van der Waals surface area contributed by atoms with Gasteiger partial charge in [0, 0.05) is 19.6 Å². The fourth-order valence-electron chi connectivity index (χ4n) is 2.33. The highest BCUT2D eigenvalue weighted by Gasteiger charge is 2.37. The Kier molecular flexibility index (Phi) is 5.20. The van der Waals surface area contributed by atoms with Crippen molar-refractivity contribution in [3.05, 3.63) is 0 Å². The molecular formula is C14H26N2O3. The maximum Gasteiger partial charge on any atom is 0.317 e. The van der Waals surface area contributed by atoms with Gasteiger partial charge >= 0.3 is 12.0 Å². The Morgan fingerprint density at radius 1 is 1.37 bits per heavy atom. The fourth-order valence-corrected chi connectivity index (χ4v) is 2.33. The van der Waals surface area contributed by atoms with Crippen LogP contribution in [0.5, 0.6) is 0 Å². The third-order valence-electron chi connectivity index (χ3n) is 4.62. The second-order valence-electron chi connectivity index (χ2n) is 5.64. The maximum atomic E-state index is 12.0. The van der Waals surface area contributed by atoms with Crippen molar-refractivity contribution in [2.45, 2.75) is 52.5 Å². The topological polar surface area (TPSA) is 69.6 Å². The normalized spacial score (nSPS) is 16.8. The van der Waals surface area contributed by atoms with E-state index in [0.717, 1.165) is 0 Å². The molecule has 1 atom stereocenters. The summed E-state index contributed by atoms with van der Waals surface area (Å²) < 4.78 is 0. The van der Waals surface area contributed by atoms with Crippen LogP contribution in [0.3, 0.4) is 0 Å². The van der Waals surface area contributed by atoms with Gasteiger partial charge < -0.3 is 15.3 Å². The Hall–Kier alpha value is -1.26. The van der Waals surface area contributed by atoms with Gasteiger partial charge in [0.1, 0.15) is 0 Å². The molecule has 1 aliphatic rings. The number of carbonyl (C=O) groups excluding carboxylic acids is 1. The molecule has 0 aromatic rings. The largest absolute Gasteiger partial charge is 0.481 e. The molecule has 0 spiro atoms. The molecule has 0 heterocycles. The van der Waals surface area contributed by atoms with Crippen LogP contribution in [-0.2, 0) is 4.79 Å². The number of amides is 2. The fraction of sp³-hybridized carbons (Fsp3) is 0.857. The summed E-state index contributed by atoms with van der Waals surface area (Å²) in [5.74, 6) is -0.229. The zero-order valence-electron chi connectivity index (χ0n) is 12.4. The molecule has 0 aromatic heterocycles. The van der Waals surface area contributed by atoms with Crippen molar-refractivity contribution in [3.8, 4) is 0 Å². The standard InChI is InChI=1S/C14H26N2O3/c1-5-14(6-2,12(17)18)9-15-13(19)16(4)10(3)11-7-8-11/h10-11H,5-9H2,1-4H3,(H,15,19)(H,17,18). The van der Waals surface area contributed by atoms with E-state index >= 15 is 0 Å². The monoisotopic (exact) mass is 270 g/mol. The molecule has 0 bridgehead atoms. The molecule has 1 rings (SSSR count). The van der Waals surface area contributed by atoms with Crippen molar-refractivity contribution in [2.24, 2.45) is 11.3 Å². The minimum Gasteiger partial charge on any atom is -0.481 e. The molecule has 1 fully saturated rings. The van der Waals surface area contributed by atoms with Crippen LogP contribution in [0.2, 0.25) is 0 Å². The molecule has 0 aliphatic heterocycles. The number of rotatable bonds is 7. The number of carboxylic acid groups (broad SMARTS) is 1. The quantitative estimate of drug-likeness (QED) is 0.746. The third kappa shape index (κ3) is 3.61. The SMILES string of the molecule is CCC(CC)(CNC(=O)N(C)C(C)C1CC1)C(=O)O. The highest BCUT2D eigenvalue weighted by Crippen LogP contribution is 2.34. The van der Waals surface area contributed by atoms with E-state index in [0.29, 0.717) is 18.8 Å². The average molecular weight is 270 g/mol. The number of carboxylic acids is 1. The number of nitrogens with zero attached hydrogens (tertiary/aromatic N) is 1. The lowest BCUT2D eigenvalue weighted by Gasteiger charge is -2.30. The Balaban J connectivity index is 2.53. The molecule has 5 nitrogen and oxygen atoms in total. The molecule has 19 heavy (non-hydrogen) atoms. The van der Waals surface area contributed by atoms with Crippen molar-refractivity contribution < 1.29 is 14.7 Å². The summed E-state index contributed by atoms with van der Waals surface area (Å²) in [5, 5.41) is 12.1. The molecule has 0 aromatic carbocycles. The van der Waals surface area contributed by atoms with Gasteiger partial charge in [-0.05, 0) is 38.5 Å². The van der Waals surface area contributed by atoms with Crippen LogP contribution in [0.25, 0.3) is 0 Å². The molecule has 1 saturated carbocycles. The van der Waals surface area contributed by atoms with Gasteiger partial charge in [-0.15, -0.1) is 0 Å². The van der Waals surface area contributed by atoms with Crippen LogP contribution in [0.15, 0.2) is 0 Å². The Morgan fingerprint density at radius 3 is 2.26 bits per heavy atom. The number of nitrogens with one attached hydrogen (secondary N) is 1. The molecule has 110 valence electrons. The summed E-state index contributed by atoms with van der Waals surface area (Å²) in [6.07, 6.45) is 3.39. The van der Waals surface area contributed by atoms with Crippen LogP contribution in [0.1, 0.15) is 46.5 Å². The predicted molar refractivity (Wildman–Crippen MR) is 74.0 cm³/mol. The number of hydrogen-bond donors (Lipinski definition) is 2. The van der Waals surface area contributed by atoms with Crippen LogP contribution in [0, 0.1) is 11.3 Å². The summed E-state index contributed by atoms with van der Waals surface area (Å²) in [6.45, 7) is 5.93. The van der Waals surface area contributed by atoms with Crippen molar-refractivity contribution >= 4 is 12.0 Å². The summed E-state index contributed by atoms with van der Waals surface area (Å²) in [5.41, 5.74) is -0.848. The van der Waals surface area contributed by atoms with Gasteiger partial charge in [-0.25, -0.2) is 4.79 Å². The lowest BCUT2D eigenvalue weighted by atomic mass is 9.82. The van der Waals surface area contributed by atoms with Crippen molar-refractivity contribution in [1.82, 2.24) is 10.2 Å². The van der Waals surface area contributed by atoms with Crippen LogP contribution in [-0.4, -0.2) is 41.6 Å². The first-order valence-corrected chi connectivity index (χ1v) is 7.12. The van der Waals surface area contributed by atoms with Gasteiger partial charge in [-0.1, -0.05) is 13.8 Å². The summed E-state index contributed by atoms with van der Waals surface area (Å²) in [4.78, 5) is 25.1. The smallest absolute Gasteiger partial charge is 0.317 e. The van der Waals surface area contributed by atoms with Crippen molar-refractivity contribution in [3.63, 3.8) is 0 Å². The molecular weight excluding hydrogens is 244 g/mol. The molecule has 0 radical (unpaired) electrons. The summed E-state index contributed by atoms with van der Waals surface area (Å²) in [7, 11) is 1.78. The van der Waals surface area contributed by atoms with Gasteiger partial charge in [0.2, 0.25) is 0 Å². The highest BCUT2D eigenvalue weighted by molar-refractivity contribution is 5.78. The summed E-state index contributed by atoms with van der Waals surface area (Å²) >= 11 is 0. The van der Waals surface area contributed by atoms with E-state index in [2.05, 4.69) is 5.32 Å². The van der Waals surface area contributed by atoms with Crippen LogP contribution in [0.4, 0.5) is 4.79 Å². The van der Waals surface area contributed by atoms with Gasteiger partial charge in [-0.2, -0.15) is 0 Å². The molecule has 2 amide bonds. The second kappa shape index (κ2) is 6.26. The maximum absolute atomic E-state index is 12.0. The van der Waals surface area contributed by atoms with Crippen LogP contribution < -0.4 is 5.32 Å². The first kappa shape index (κ1) is 15.8.